The molecule has 102 valence electrons. The first-order valence-electron chi connectivity index (χ1n) is 5.05. The Kier molecular flexibility index (Phi) is 3.70. The van der Waals surface area contributed by atoms with E-state index >= 15 is 0 Å². The quantitative estimate of drug-likeness (QED) is 0.853. The third-order valence-electron chi connectivity index (χ3n) is 2.12. The third kappa shape index (κ3) is 3.63. The van der Waals surface area contributed by atoms with Gasteiger partial charge in [0.15, 0.2) is 0 Å². The largest absolute Gasteiger partial charge is 0.573 e. The lowest BCUT2D eigenvalue weighted by atomic mass is 10.3. The number of halogens is 4. The van der Waals surface area contributed by atoms with Gasteiger partial charge in [0.1, 0.15) is 11.5 Å². The van der Waals surface area contributed by atoms with Crippen LogP contribution in [0, 0.1) is 0 Å². The van der Waals surface area contributed by atoms with Crippen LogP contribution in [-0.4, -0.2) is 15.9 Å². The van der Waals surface area contributed by atoms with Crippen molar-refractivity contribution in [2.45, 2.75) is 6.36 Å². The zero-order valence-corrected chi connectivity index (χ0v) is 11.2. The average molecular weight is 337 g/mol. The number of aryl methyl sites for hydroxylation is 1. The predicted molar refractivity (Wildman–Crippen MR) is 64.1 cm³/mol. The van der Waals surface area contributed by atoms with Gasteiger partial charge in [-0.2, -0.15) is 0 Å². The smallest absolute Gasteiger partial charge is 0.425 e. The van der Waals surface area contributed by atoms with Crippen molar-refractivity contribution >= 4 is 15.9 Å². The minimum atomic E-state index is -4.73. The number of aromatic nitrogens is 2. The van der Waals surface area contributed by atoms with E-state index in [1.54, 1.807) is 24.0 Å². The standard InChI is InChI=1S/C11H8BrF3N2O2/c1-17-5-4-16-10(17)18-7-2-3-9(8(12)6-7)19-11(13,14)15/h2-6H,1H3. The molecule has 0 saturated carbocycles. The fraction of sp³-hybridized carbons (Fsp3) is 0.182. The van der Waals surface area contributed by atoms with E-state index in [1.807, 2.05) is 0 Å². The molecule has 0 aliphatic rings. The Hall–Kier alpha value is -1.70. The lowest BCUT2D eigenvalue weighted by molar-refractivity contribution is -0.274. The molecule has 19 heavy (non-hydrogen) atoms. The molecule has 1 aromatic heterocycles. The molecular weight excluding hydrogens is 329 g/mol. The SMILES string of the molecule is Cn1ccnc1Oc1ccc(OC(F)(F)F)c(Br)c1. The van der Waals surface area contributed by atoms with Crippen LogP contribution in [0.3, 0.4) is 0 Å². The van der Waals surface area contributed by atoms with E-state index in [-0.39, 0.29) is 10.2 Å². The van der Waals surface area contributed by atoms with E-state index in [4.69, 9.17) is 4.74 Å². The maximum atomic E-state index is 12.1. The average Bonchev–Trinajstić information content (AvgIpc) is 2.67. The Morgan fingerprint density at radius 2 is 2.05 bits per heavy atom. The Bertz CT molecular complexity index is 584. The predicted octanol–water partition coefficient (Wildman–Crippen LogP) is 3.87. The van der Waals surface area contributed by atoms with Gasteiger partial charge in [0.25, 0.3) is 0 Å². The van der Waals surface area contributed by atoms with Gasteiger partial charge in [-0.05, 0) is 34.1 Å². The van der Waals surface area contributed by atoms with Gasteiger partial charge < -0.3 is 14.0 Å². The molecule has 2 rings (SSSR count). The minimum absolute atomic E-state index is 0.136. The highest BCUT2D eigenvalue weighted by Crippen LogP contribution is 2.34. The van der Waals surface area contributed by atoms with Gasteiger partial charge in [0.05, 0.1) is 4.47 Å². The molecule has 0 aliphatic carbocycles. The van der Waals surface area contributed by atoms with E-state index in [0.29, 0.717) is 11.8 Å². The highest BCUT2D eigenvalue weighted by atomic mass is 79.9. The van der Waals surface area contributed by atoms with Crippen molar-refractivity contribution in [1.82, 2.24) is 9.55 Å². The Labute approximate surface area is 114 Å². The van der Waals surface area contributed by atoms with Gasteiger partial charge in [0, 0.05) is 19.4 Å². The van der Waals surface area contributed by atoms with E-state index in [9.17, 15) is 13.2 Å². The molecule has 0 spiro atoms. The number of alkyl halides is 3. The van der Waals surface area contributed by atoms with Crippen LogP contribution in [0.2, 0.25) is 0 Å². The van der Waals surface area contributed by atoms with Gasteiger partial charge in [-0.15, -0.1) is 13.2 Å². The lowest BCUT2D eigenvalue weighted by Gasteiger charge is -2.11. The number of nitrogens with zero attached hydrogens (tertiary/aromatic N) is 2. The molecule has 4 nitrogen and oxygen atoms in total. The first-order chi connectivity index (χ1) is 8.85. The van der Waals surface area contributed by atoms with Crippen LogP contribution in [-0.2, 0) is 7.05 Å². The zero-order valence-electron chi connectivity index (χ0n) is 9.61. The summed E-state index contributed by atoms with van der Waals surface area (Å²) >= 11 is 2.99. The minimum Gasteiger partial charge on any atom is -0.425 e. The van der Waals surface area contributed by atoms with Gasteiger partial charge in [-0.3, -0.25) is 0 Å². The van der Waals surface area contributed by atoms with Crippen molar-refractivity contribution in [2.75, 3.05) is 0 Å². The highest BCUT2D eigenvalue weighted by Gasteiger charge is 2.32. The van der Waals surface area contributed by atoms with Crippen molar-refractivity contribution in [3.05, 3.63) is 35.1 Å². The molecule has 0 saturated heterocycles. The summed E-state index contributed by atoms with van der Waals surface area (Å²) < 4.78 is 47.3. The highest BCUT2D eigenvalue weighted by molar-refractivity contribution is 9.10. The maximum Gasteiger partial charge on any atom is 0.573 e. The van der Waals surface area contributed by atoms with Crippen LogP contribution >= 0.6 is 15.9 Å². The van der Waals surface area contributed by atoms with Crippen LogP contribution in [0.4, 0.5) is 13.2 Å². The molecule has 0 bridgehead atoms. The van der Waals surface area contributed by atoms with Crippen LogP contribution in [0.25, 0.3) is 0 Å². The summed E-state index contributed by atoms with van der Waals surface area (Å²) in [6, 6.07) is 4.22. The Morgan fingerprint density at radius 1 is 1.32 bits per heavy atom. The van der Waals surface area contributed by atoms with Crippen LogP contribution in [0.5, 0.6) is 17.5 Å². The normalized spacial score (nSPS) is 11.4. The molecule has 2 aromatic rings. The molecular formula is C11H8BrF3N2O2. The summed E-state index contributed by atoms with van der Waals surface area (Å²) in [5, 5.41) is 0. The summed E-state index contributed by atoms with van der Waals surface area (Å²) in [7, 11) is 1.73. The summed E-state index contributed by atoms with van der Waals surface area (Å²) in [6.07, 6.45) is -1.50. The van der Waals surface area contributed by atoms with Crippen LogP contribution in [0.1, 0.15) is 0 Å². The fourth-order valence-electron chi connectivity index (χ4n) is 1.31. The fourth-order valence-corrected chi connectivity index (χ4v) is 1.75. The van der Waals surface area contributed by atoms with Gasteiger partial charge in [0.2, 0.25) is 0 Å². The van der Waals surface area contributed by atoms with E-state index in [2.05, 4.69) is 25.7 Å². The van der Waals surface area contributed by atoms with Crippen molar-refractivity contribution in [3.8, 4) is 17.5 Å². The second kappa shape index (κ2) is 5.12. The van der Waals surface area contributed by atoms with Crippen molar-refractivity contribution in [1.29, 1.82) is 0 Å². The first kappa shape index (κ1) is 13.7. The van der Waals surface area contributed by atoms with Crippen molar-refractivity contribution in [2.24, 2.45) is 7.05 Å². The summed E-state index contributed by atoms with van der Waals surface area (Å²) in [4.78, 5) is 3.94. The number of hydrogen-bond donors (Lipinski definition) is 0. The van der Waals surface area contributed by atoms with Gasteiger partial charge in [-0.1, -0.05) is 0 Å². The van der Waals surface area contributed by atoms with Crippen LogP contribution < -0.4 is 9.47 Å². The molecule has 0 amide bonds. The maximum absolute atomic E-state index is 12.1. The molecule has 0 unspecified atom stereocenters. The zero-order chi connectivity index (χ0) is 14.0. The van der Waals surface area contributed by atoms with Crippen molar-refractivity contribution in [3.63, 3.8) is 0 Å². The molecule has 0 N–H and O–H groups in total. The molecule has 0 aliphatic heterocycles. The number of imidazole rings is 1. The second-order valence-electron chi connectivity index (χ2n) is 3.56. The molecule has 1 aromatic carbocycles. The summed E-state index contributed by atoms with van der Waals surface area (Å²) in [6.45, 7) is 0. The second-order valence-corrected chi connectivity index (χ2v) is 4.42. The van der Waals surface area contributed by atoms with E-state index in [0.717, 1.165) is 6.07 Å². The lowest BCUT2D eigenvalue weighted by Crippen LogP contribution is -2.17. The molecule has 1 heterocycles. The monoisotopic (exact) mass is 336 g/mol. The first-order valence-corrected chi connectivity index (χ1v) is 5.85. The van der Waals surface area contributed by atoms with E-state index < -0.39 is 6.36 Å². The number of hydrogen-bond acceptors (Lipinski definition) is 3. The Morgan fingerprint density at radius 3 is 2.58 bits per heavy atom. The molecule has 0 atom stereocenters. The number of ether oxygens (including phenoxy) is 2. The third-order valence-corrected chi connectivity index (χ3v) is 2.73. The van der Waals surface area contributed by atoms with Gasteiger partial charge >= 0.3 is 12.4 Å². The molecule has 0 fully saturated rings. The number of benzene rings is 1. The Balaban J connectivity index is 2.17. The van der Waals surface area contributed by atoms with Crippen molar-refractivity contribution < 1.29 is 22.6 Å². The molecule has 8 heteroatoms. The molecule has 0 radical (unpaired) electrons. The topological polar surface area (TPSA) is 36.3 Å². The number of rotatable bonds is 3. The van der Waals surface area contributed by atoms with Crippen LogP contribution in [0.15, 0.2) is 35.1 Å². The van der Waals surface area contributed by atoms with Gasteiger partial charge in [-0.25, -0.2) is 4.98 Å². The summed E-state index contributed by atoms with van der Waals surface area (Å²) in [5.41, 5.74) is 0. The summed E-state index contributed by atoms with van der Waals surface area (Å²) in [5.74, 6) is 0.00962. The van der Waals surface area contributed by atoms with E-state index in [1.165, 1.54) is 12.1 Å².